The Morgan fingerprint density at radius 3 is 2.38 bits per heavy atom. The number of likely N-dealkylation sites (N-methyl/N-ethyl adjacent to an activating group) is 1. The predicted molar refractivity (Wildman–Crippen MR) is 99.9 cm³/mol. The Morgan fingerprint density at radius 2 is 1.75 bits per heavy atom. The summed E-state index contributed by atoms with van der Waals surface area (Å²) in [4.78, 5) is 13.3. The normalized spacial score (nSPS) is 13.4. The van der Waals surface area contributed by atoms with E-state index < -0.39 is 0 Å². The van der Waals surface area contributed by atoms with Crippen LogP contribution in [0.1, 0.15) is 24.1 Å². The molecule has 1 unspecified atom stereocenters. The average molecular weight is 387 g/mol. The van der Waals surface area contributed by atoms with Gasteiger partial charge in [-0.2, -0.15) is 0 Å². The molecule has 128 valence electrons. The number of rotatable bonds is 6. The summed E-state index contributed by atoms with van der Waals surface area (Å²) in [5, 5.41) is 4.75. The maximum atomic E-state index is 12.2. The smallest absolute Gasteiger partial charge is 0.275 e. The van der Waals surface area contributed by atoms with Crippen molar-refractivity contribution < 1.29 is 9.69 Å². The van der Waals surface area contributed by atoms with Crippen LogP contribution in [-0.4, -0.2) is 19.5 Å². The van der Waals surface area contributed by atoms with Crippen LogP contribution < -0.4 is 10.2 Å². The van der Waals surface area contributed by atoms with Crippen LogP contribution >= 0.6 is 34.8 Å². The zero-order valence-corrected chi connectivity index (χ0v) is 15.8. The molecule has 0 spiro atoms. The third-order valence-electron chi connectivity index (χ3n) is 3.70. The fourth-order valence-corrected chi connectivity index (χ4v) is 2.91. The number of nitrogens with one attached hydrogen (secondary N) is 2. The summed E-state index contributed by atoms with van der Waals surface area (Å²) in [5.74, 6) is -0.00462. The molecule has 1 amide bonds. The van der Waals surface area contributed by atoms with Crippen molar-refractivity contribution in [3.05, 3.63) is 68.7 Å². The number of quaternary nitrogens is 1. The van der Waals surface area contributed by atoms with Crippen molar-refractivity contribution >= 4 is 40.7 Å². The van der Waals surface area contributed by atoms with Gasteiger partial charge in [-0.15, -0.1) is 0 Å². The van der Waals surface area contributed by atoms with Gasteiger partial charge < -0.3 is 10.2 Å². The molecule has 2 atom stereocenters. The number of carbonyl (C=O) groups excluding carboxylic acids is 1. The maximum Gasteiger partial charge on any atom is 0.275 e. The third kappa shape index (κ3) is 5.67. The molecule has 6 heteroatoms. The summed E-state index contributed by atoms with van der Waals surface area (Å²) in [7, 11) is 1.97. The fourth-order valence-electron chi connectivity index (χ4n) is 2.46. The largest absolute Gasteiger partial charge is 0.345 e. The first-order chi connectivity index (χ1) is 11.3. The van der Waals surface area contributed by atoms with E-state index in [-0.39, 0.29) is 11.9 Å². The van der Waals surface area contributed by atoms with Crippen molar-refractivity contribution in [3.63, 3.8) is 0 Å². The second-order valence-electron chi connectivity index (χ2n) is 5.90. The molecule has 0 aromatic heterocycles. The van der Waals surface area contributed by atoms with E-state index in [0.717, 1.165) is 16.0 Å². The highest BCUT2D eigenvalue weighted by molar-refractivity contribution is 6.42. The molecule has 2 rings (SSSR count). The predicted octanol–water partition coefficient (Wildman–Crippen LogP) is 3.54. The van der Waals surface area contributed by atoms with Gasteiger partial charge in [0.2, 0.25) is 0 Å². The van der Waals surface area contributed by atoms with Gasteiger partial charge in [0, 0.05) is 10.6 Å². The lowest BCUT2D eigenvalue weighted by Gasteiger charge is -2.17. The van der Waals surface area contributed by atoms with Gasteiger partial charge in [0.25, 0.3) is 5.91 Å². The molecule has 2 aromatic rings. The standard InChI is InChI=1S/C18H19Cl3N2O/c1-12(14-4-6-15(19)7-5-14)22-18(24)11-23(2)10-13-3-8-16(20)17(21)9-13/h3-9,12H,10-11H2,1-2H3,(H,22,24)/p+1/t12-/m0/s1. The molecule has 24 heavy (non-hydrogen) atoms. The lowest BCUT2D eigenvalue weighted by molar-refractivity contribution is -0.885. The molecule has 2 aromatic carbocycles. The zero-order chi connectivity index (χ0) is 17.7. The SMILES string of the molecule is C[C@H](NC(=O)C[NH+](C)Cc1ccc(Cl)c(Cl)c1)c1ccc(Cl)cc1. The molecule has 0 fully saturated rings. The van der Waals surface area contributed by atoms with E-state index in [9.17, 15) is 4.79 Å². The van der Waals surface area contributed by atoms with E-state index in [2.05, 4.69) is 5.32 Å². The van der Waals surface area contributed by atoms with Crippen molar-refractivity contribution in [2.45, 2.75) is 19.5 Å². The number of hydrogen-bond donors (Lipinski definition) is 2. The highest BCUT2D eigenvalue weighted by atomic mass is 35.5. The molecule has 0 aliphatic carbocycles. The van der Waals surface area contributed by atoms with Crippen LogP contribution in [0, 0.1) is 0 Å². The van der Waals surface area contributed by atoms with E-state index in [1.165, 1.54) is 0 Å². The van der Waals surface area contributed by atoms with Crippen LogP contribution in [-0.2, 0) is 11.3 Å². The second kappa shape index (κ2) is 8.72. The number of hydrogen-bond acceptors (Lipinski definition) is 1. The first kappa shape index (κ1) is 19.1. The van der Waals surface area contributed by atoms with Gasteiger partial charge in [-0.25, -0.2) is 0 Å². The van der Waals surface area contributed by atoms with Gasteiger partial charge in [0.05, 0.1) is 23.1 Å². The molecule has 0 bridgehead atoms. The Hall–Kier alpha value is -1.26. The van der Waals surface area contributed by atoms with Crippen LogP contribution in [0.3, 0.4) is 0 Å². The summed E-state index contributed by atoms with van der Waals surface area (Å²) in [6.07, 6.45) is 0. The van der Waals surface area contributed by atoms with Gasteiger partial charge in [-0.1, -0.05) is 53.0 Å². The summed E-state index contributed by atoms with van der Waals surface area (Å²) in [5.41, 5.74) is 2.07. The highest BCUT2D eigenvalue weighted by Crippen LogP contribution is 2.22. The van der Waals surface area contributed by atoms with Crippen LogP contribution in [0.2, 0.25) is 15.1 Å². The Labute approximate surface area is 157 Å². The summed E-state index contributed by atoms with van der Waals surface area (Å²) in [6, 6.07) is 12.9. The molecular weight excluding hydrogens is 367 g/mol. The van der Waals surface area contributed by atoms with Crippen LogP contribution in [0.4, 0.5) is 0 Å². The van der Waals surface area contributed by atoms with Gasteiger partial charge in [0.1, 0.15) is 6.54 Å². The Balaban J connectivity index is 1.86. The Bertz CT molecular complexity index is 704. The van der Waals surface area contributed by atoms with E-state index in [1.807, 2.05) is 50.4 Å². The molecule has 0 radical (unpaired) electrons. The molecular formula is C18H20Cl3N2O+. The van der Waals surface area contributed by atoms with E-state index in [0.29, 0.717) is 28.2 Å². The van der Waals surface area contributed by atoms with Crippen molar-refractivity contribution in [3.8, 4) is 0 Å². The van der Waals surface area contributed by atoms with Crippen molar-refractivity contribution in [2.24, 2.45) is 0 Å². The van der Waals surface area contributed by atoms with Crippen LogP contribution in [0.25, 0.3) is 0 Å². The molecule has 3 nitrogen and oxygen atoms in total. The Kier molecular flexibility index (Phi) is 6.93. The van der Waals surface area contributed by atoms with Crippen LogP contribution in [0.15, 0.2) is 42.5 Å². The van der Waals surface area contributed by atoms with Crippen molar-refractivity contribution in [2.75, 3.05) is 13.6 Å². The van der Waals surface area contributed by atoms with Gasteiger partial charge in [0.15, 0.2) is 6.54 Å². The minimum Gasteiger partial charge on any atom is -0.345 e. The number of carbonyl (C=O) groups is 1. The molecule has 2 N–H and O–H groups in total. The molecule has 0 aliphatic heterocycles. The van der Waals surface area contributed by atoms with E-state index >= 15 is 0 Å². The summed E-state index contributed by atoms with van der Waals surface area (Å²) in [6.45, 7) is 3.02. The molecule has 0 saturated heterocycles. The minimum absolute atomic E-state index is 0.00462. The van der Waals surface area contributed by atoms with Gasteiger partial charge >= 0.3 is 0 Å². The van der Waals surface area contributed by atoms with Gasteiger partial charge in [-0.05, 0) is 36.8 Å². The van der Waals surface area contributed by atoms with Gasteiger partial charge in [-0.3, -0.25) is 4.79 Å². The third-order valence-corrected chi connectivity index (χ3v) is 4.69. The van der Waals surface area contributed by atoms with E-state index in [1.54, 1.807) is 6.07 Å². The van der Waals surface area contributed by atoms with Crippen molar-refractivity contribution in [1.29, 1.82) is 0 Å². The first-order valence-electron chi connectivity index (χ1n) is 7.65. The van der Waals surface area contributed by atoms with Crippen LogP contribution in [0.5, 0.6) is 0 Å². The lowest BCUT2D eigenvalue weighted by atomic mass is 10.1. The summed E-state index contributed by atoms with van der Waals surface area (Å²) >= 11 is 17.8. The lowest BCUT2D eigenvalue weighted by Crippen LogP contribution is -3.08. The average Bonchev–Trinajstić information content (AvgIpc) is 2.51. The minimum atomic E-state index is -0.0625. The number of amides is 1. The quantitative estimate of drug-likeness (QED) is 0.782. The van der Waals surface area contributed by atoms with Crippen molar-refractivity contribution in [1.82, 2.24) is 5.32 Å². The highest BCUT2D eigenvalue weighted by Gasteiger charge is 2.14. The monoisotopic (exact) mass is 385 g/mol. The Morgan fingerprint density at radius 1 is 1.08 bits per heavy atom. The topological polar surface area (TPSA) is 33.5 Å². The zero-order valence-electron chi connectivity index (χ0n) is 13.6. The summed E-state index contributed by atoms with van der Waals surface area (Å²) < 4.78 is 0. The molecule has 0 aliphatic rings. The fraction of sp³-hybridized carbons (Fsp3) is 0.278. The number of benzene rings is 2. The number of halogens is 3. The second-order valence-corrected chi connectivity index (χ2v) is 7.15. The van der Waals surface area contributed by atoms with E-state index in [4.69, 9.17) is 34.8 Å². The maximum absolute atomic E-state index is 12.2. The molecule has 0 saturated carbocycles. The first-order valence-corrected chi connectivity index (χ1v) is 8.78. The molecule has 0 heterocycles.